The summed E-state index contributed by atoms with van der Waals surface area (Å²) in [6, 6.07) is 8.88. The predicted molar refractivity (Wildman–Crippen MR) is 74.8 cm³/mol. The van der Waals surface area contributed by atoms with Crippen LogP contribution in [-0.4, -0.2) is 33.0 Å². The minimum Gasteiger partial charge on any atom is -0.469 e. The maximum atomic E-state index is 12.0. The number of carbonyl (C=O) groups is 1. The molecule has 0 amide bonds. The van der Waals surface area contributed by atoms with Crippen LogP contribution in [0.3, 0.4) is 0 Å². The Bertz CT molecular complexity index is 493. The number of methoxy groups -OCH3 is 1. The van der Waals surface area contributed by atoms with E-state index < -0.39 is 21.7 Å². The Balaban J connectivity index is 2.91. The zero-order valence-electron chi connectivity index (χ0n) is 11.3. The molecule has 1 aromatic rings. The van der Waals surface area contributed by atoms with Gasteiger partial charge in [0.1, 0.15) is 0 Å². The molecule has 0 N–H and O–H groups in total. The van der Waals surface area contributed by atoms with E-state index in [2.05, 4.69) is 0 Å². The van der Waals surface area contributed by atoms with Crippen molar-refractivity contribution in [1.29, 1.82) is 0 Å². The van der Waals surface area contributed by atoms with Crippen LogP contribution in [0.15, 0.2) is 30.3 Å². The van der Waals surface area contributed by atoms with Crippen LogP contribution in [0.2, 0.25) is 0 Å². The number of hydrogen-bond acceptors (Lipinski definition) is 4. The molecule has 0 aliphatic carbocycles. The average molecular weight is 284 g/mol. The highest BCUT2D eigenvalue weighted by Gasteiger charge is 2.27. The summed E-state index contributed by atoms with van der Waals surface area (Å²) in [4.78, 5) is 11.8. The standard InChI is InChI=1S/C14H20O4S/c1-3-4-10-19(16,17)11-13(14(15)18-2)12-8-6-5-7-9-12/h5-9,13H,3-4,10-11H2,1-2H3. The van der Waals surface area contributed by atoms with Gasteiger partial charge in [-0.15, -0.1) is 0 Å². The Labute approximate surface area is 114 Å². The maximum Gasteiger partial charge on any atom is 0.314 e. The lowest BCUT2D eigenvalue weighted by Gasteiger charge is -2.15. The molecule has 0 fully saturated rings. The average Bonchev–Trinajstić information content (AvgIpc) is 2.43. The summed E-state index contributed by atoms with van der Waals surface area (Å²) in [5.74, 6) is -1.33. The fourth-order valence-corrected chi connectivity index (χ4v) is 3.56. The highest BCUT2D eigenvalue weighted by Crippen LogP contribution is 2.20. The van der Waals surface area contributed by atoms with E-state index in [1.807, 2.05) is 13.0 Å². The molecule has 0 spiro atoms. The van der Waals surface area contributed by atoms with Crippen LogP contribution in [-0.2, 0) is 19.4 Å². The molecule has 0 bridgehead atoms. The van der Waals surface area contributed by atoms with Gasteiger partial charge in [-0.1, -0.05) is 43.7 Å². The van der Waals surface area contributed by atoms with Gasteiger partial charge in [-0.2, -0.15) is 0 Å². The number of benzene rings is 1. The highest BCUT2D eigenvalue weighted by molar-refractivity contribution is 7.91. The quantitative estimate of drug-likeness (QED) is 0.720. The van der Waals surface area contributed by atoms with Crippen LogP contribution in [0, 0.1) is 0 Å². The predicted octanol–water partition coefficient (Wildman–Crippen LogP) is 2.16. The van der Waals surface area contributed by atoms with E-state index in [9.17, 15) is 13.2 Å². The van der Waals surface area contributed by atoms with E-state index in [1.54, 1.807) is 24.3 Å². The molecular weight excluding hydrogens is 264 g/mol. The Morgan fingerprint density at radius 1 is 1.26 bits per heavy atom. The second kappa shape index (κ2) is 7.28. The van der Waals surface area contributed by atoms with Crippen molar-refractivity contribution in [2.45, 2.75) is 25.7 Å². The van der Waals surface area contributed by atoms with Crippen molar-refractivity contribution in [2.24, 2.45) is 0 Å². The molecule has 106 valence electrons. The zero-order chi connectivity index (χ0) is 14.3. The molecule has 0 aliphatic heterocycles. The van der Waals surface area contributed by atoms with Gasteiger partial charge in [0, 0.05) is 0 Å². The lowest BCUT2D eigenvalue weighted by atomic mass is 10.0. The monoisotopic (exact) mass is 284 g/mol. The van der Waals surface area contributed by atoms with E-state index >= 15 is 0 Å². The van der Waals surface area contributed by atoms with Gasteiger partial charge in [0.05, 0.1) is 24.5 Å². The van der Waals surface area contributed by atoms with E-state index in [-0.39, 0.29) is 11.5 Å². The number of ether oxygens (including phenoxy) is 1. The zero-order valence-corrected chi connectivity index (χ0v) is 12.2. The van der Waals surface area contributed by atoms with Gasteiger partial charge in [-0.05, 0) is 12.0 Å². The topological polar surface area (TPSA) is 60.4 Å². The molecule has 4 nitrogen and oxygen atoms in total. The summed E-state index contributed by atoms with van der Waals surface area (Å²) >= 11 is 0. The molecule has 0 heterocycles. The Hall–Kier alpha value is -1.36. The molecule has 1 unspecified atom stereocenters. The number of carbonyl (C=O) groups excluding carboxylic acids is 1. The van der Waals surface area contributed by atoms with Crippen LogP contribution in [0.5, 0.6) is 0 Å². The lowest BCUT2D eigenvalue weighted by Crippen LogP contribution is -2.25. The van der Waals surface area contributed by atoms with E-state index in [0.29, 0.717) is 12.0 Å². The minimum absolute atomic E-state index is 0.115. The van der Waals surface area contributed by atoms with Crippen LogP contribution in [0.4, 0.5) is 0 Å². The van der Waals surface area contributed by atoms with Gasteiger partial charge in [0.2, 0.25) is 0 Å². The highest BCUT2D eigenvalue weighted by atomic mass is 32.2. The summed E-state index contributed by atoms with van der Waals surface area (Å²) in [5.41, 5.74) is 0.675. The fourth-order valence-electron chi connectivity index (χ4n) is 1.83. The second-order valence-electron chi connectivity index (χ2n) is 4.45. The smallest absolute Gasteiger partial charge is 0.314 e. The van der Waals surface area contributed by atoms with Crippen molar-refractivity contribution in [2.75, 3.05) is 18.6 Å². The largest absolute Gasteiger partial charge is 0.469 e. The first-order chi connectivity index (χ1) is 9.00. The number of esters is 1. The molecule has 5 heteroatoms. The van der Waals surface area contributed by atoms with E-state index in [1.165, 1.54) is 7.11 Å². The summed E-state index contributed by atoms with van der Waals surface area (Å²) in [5, 5.41) is 0. The van der Waals surface area contributed by atoms with Crippen molar-refractivity contribution >= 4 is 15.8 Å². The van der Waals surface area contributed by atoms with Gasteiger partial charge >= 0.3 is 5.97 Å². The van der Waals surface area contributed by atoms with Crippen LogP contribution < -0.4 is 0 Å². The van der Waals surface area contributed by atoms with Gasteiger partial charge < -0.3 is 4.74 Å². The summed E-state index contributed by atoms with van der Waals surface area (Å²) in [7, 11) is -1.97. The number of hydrogen-bond donors (Lipinski definition) is 0. The Morgan fingerprint density at radius 2 is 1.89 bits per heavy atom. The molecule has 1 rings (SSSR count). The van der Waals surface area contributed by atoms with Crippen molar-refractivity contribution < 1.29 is 17.9 Å². The molecule has 0 aliphatic rings. The molecule has 0 saturated heterocycles. The normalized spacial score (nSPS) is 12.9. The Morgan fingerprint density at radius 3 is 2.42 bits per heavy atom. The van der Waals surface area contributed by atoms with Crippen molar-refractivity contribution in [3.8, 4) is 0 Å². The van der Waals surface area contributed by atoms with Crippen LogP contribution in [0.25, 0.3) is 0 Å². The number of sulfone groups is 1. The minimum atomic E-state index is -3.25. The SMILES string of the molecule is CCCCS(=O)(=O)CC(C(=O)OC)c1ccccc1. The first kappa shape index (κ1) is 15.7. The van der Waals surface area contributed by atoms with Crippen molar-refractivity contribution in [3.63, 3.8) is 0 Å². The third kappa shape index (κ3) is 5.03. The second-order valence-corrected chi connectivity index (χ2v) is 6.68. The van der Waals surface area contributed by atoms with Crippen molar-refractivity contribution in [1.82, 2.24) is 0 Å². The van der Waals surface area contributed by atoms with Crippen LogP contribution >= 0.6 is 0 Å². The van der Waals surface area contributed by atoms with Crippen molar-refractivity contribution in [3.05, 3.63) is 35.9 Å². The number of rotatable bonds is 7. The van der Waals surface area contributed by atoms with Crippen LogP contribution in [0.1, 0.15) is 31.2 Å². The summed E-state index contributed by atoms with van der Waals surface area (Å²) in [6.07, 6.45) is 1.43. The van der Waals surface area contributed by atoms with Gasteiger partial charge in [0.25, 0.3) is 0 Å². The molecule has 0 radical (unpaired) electrons. The molecular formula is C14H20O4S. The van der Waals surface area contributed by atoms with E-state index in [0.717, 1.165) is 6.42 Å². The van der Waals surface area contributed by atoms with E-state index in [4.69, 9.17) is 4.74 Å². The number of unbranched alkanes of at least 4 members (excludes halogenated alkanes) is 1. The third-order valence-corrected chi connectivity index (χ3v) is 4.67. The third-order valence-electron chi connectivity index (χ3n) is 2.92. The molecule has 1 atom stereocenters. The van der Waals surface area contributed by atoms with Gasteiger partial charge in [-0.25, -0.2) is 8.42 Å². The van der Waals surface area contributed by atoms with Gasteiger partial charge in [-0.3, -0.25) is 4.79 Å². The molecule has 0 aromatic heterocycles. The molecule has 0 saturated carbocycles. The first-order valence-corrected chi connectivity index (χ1v) is 8.15. The maximum absolute atomic E-state index is 12.0. The van der Waals surface area contributed by atoms with Gasteiger partial charge in [0.15, 0.2) is 9.84 Å². The summed E-state index contributed by atoms with van der Waals surface area (Å²) < 4.78 is 28.7. The fraction of sp³-hybridized carbons (Fsp3) is 0.500. The molecule has 19 heavy (non-hydrogen) atoms. The molecule has 1 aromatic carbocycles. The summed E-state index contributed by atoms with van der Waals surface area (Å²) in [6.45, 7) is 1.94. The Kier molecular flexibility index (Phi) is 6.02. The first-order valence-electron chi connectivity index (χ1n) is 6.33. The lowest BCUT2D eigenvalue weighted by molar-refractivity contribution is -0.141.